The van der Waals surface area contributed by atoms with Crippen molar-refractivity contribution in [2.24, 2.45) is 5.92 Å². The van der Waals surface area contributed by atoms with Crippen LogP contribution in [-0.4, -0.2) is 17.6 Å². The fourth-order valence-corrected chi connectivity index (χ4v) is 2.17. The summed E-state index contributed by atoms with van der Waals surface area (Å²) in [6, 6.07) is 4.82. The number of nitrogens with zero attached hydrogens (tertiary/aromatic N) is 1. The number of pyridine rings is 1. The number of hydrogen-bond acceptors (Lipinski definition) is 2. The maximum Gasteiger partial charge on any atom is 0.0448 e. The zero-order valence-corrected chi connectivity index (χ0v) is 10.4. The Labute approximate surface area is 98.5 Å². The Morgan fingerprint density at radius 1 is 1.50 bits per heavy atom. The molecule has 1 aromatic rings. The van der Waals surface area contributed by atoms with Gasteiger partial charge in [-0.25, -0.2) is 0 Å². The van der Waals surface area contributed by atoms with Crippen molar-refractivity contribution in [1.29, 1.82) is 0 Å². The molecule has 1 aliphatic rings. The molecular weight excluding hydrogens is 196 g/mol. The van der Waals surface area contributed by atoms with Gasteiger partial charge in [-0.2, -0.15) is 0 Å². The van der Waals surface area contributed by atoms with Crippen molar-refractivity contribution in [1.82, 2.24) is 10.3 Å². The van der Waals surface area contributed by atoms with Gasteiger partial charge in [0.2, 0.25) is 0 Å². The van der Waals surface area contributed by atoms with Crippen molar-refractivity contribution in [2.75, 3.05) is 6.54 Å². The molecule has 2 rings (SSSR count). The van der Waals surface area contributed by atoms with Gasteiger partial charge in [-0.05, 0) is 50.3 Å². The Morgan fingerprint density at radius 2 is 2.31 bits per heavy atom. The second kappa shape index (κ2) is 5.44. The van der Waals surface area contributed by atoms with Crippen LogP contribution in [-0.2, 0) is 6.42 Å². The first-order valence-electron chi connectivity index (χ1n) is 6.45. The molecule has 1 fully saturated rings. The van der Waals surface area contributed by atoms with Gasteiger partial charge < -0.3 is 5.32 Å². The van der Waals surface area contributed by atoms with Crippen molar-refractivity contribution < 1.29 is 0 Å². The van der Waals surface area contributed by atoms with Gasteiger partial charge in [0, 0.05) is 24.4 Å². The van der Waals surface area contributed by atoms with Crippen molar-refractivity contribution in [3.8, 4) is 0 Å². The highest BCUT2D eigenvalue weighted by molar-refractivity contribution is 5.19. The molecule has 1 atom stereocenters. The van der Waals surface area contributed by atoms with Crippen LogP contribution in [0.15, 0.2) is 18.3 Å². The molecule has 2 nitrogen and oxygen atoms in total. The highest BCUT2D eigenvalue weighted by Crippen LogP contribution is 2.34. The first-order chi connectivity index (χ1) is 7.81. The highest BCUT2D eigenvalue weighted by Gasteiger charge is 2.31. The highest BCUT2D eigenvalue weighted by atomic mass is 14.9. The largest absolute Gasteiger partial charge is 0.313 e. The second-order valence-corrected chi connectivity index (χ2v) is 4.87. The maximum atomic E-state index is 4.50. The normalized spacial score (nSPS) is 17.4. The zero-order valence-electron chi connectivity index (χ0n) is 10.4. The van der Waals surface area contributed by atoms with E-state index in [9.17, 15) is 0 Å². The Bertz CT molecular complexity index is 331. The van der Waals surface area contributed by atoms with E-state index in [4.69, 9.17) is 0 Å². The third-order valence-electron chi connectivity index (χ3n) is 3.38. The molecule has 1 unspecified atom stereocenters. The Kier molecular flexibility index (Phi) is 3.94. The van der Waals surface area contributed by atoms with Gasteiger partial charge in [-0.15, -0.1) is 0 Å². The molecule has 0 aliphatic heterocycles. The molecule has 1 N–H and O–H groups in total. The summed E-state index contributed by atoms with van der Waals surface area (Å²) in [6.45, 7) is 5.52. The average Bonchev–Trinajstić information content (AvgIpc) is 3.10. The molecule has 1 heterocycles. The smallest absolute Gasteiger partial charge is 0.0448 e. The minimum Gasteiger partial charge on any atom is -0.313 e. The minimum absolute atomic E-state index is 0.647. The summed E-state index contributed by atoms with van der Waals surface area (Å²) in [7, 11) is 0. The summed E-state index contributed by atoms with van der Waals surface area (Å²) in [5.74, 6) is 0.896. The molecular formula is C14H22N2. The van der Waals surface area contributed by atoms with E-state index in [0.717, 1.165) is 18.9 Å². The van der Waals surface area contributed by atoms with E-state index in [-0.39, 0.29) is 0 Å². The summed E-state index contributed by atoms with van der Waals surface area (Å²) < 4.78 is 0. The summed E-state index contributed by atoms with van der Waals surface area (Å²) in [5, 5.41) is 3.67. The Morgan fingerprint density at radius 3 is 2.94 bits per heavy atom. The lowest BCUT2D eigenvalue weighted by atomic mass is 10.0. The van der Waals surface area contributed by atoms with Gasteiger partial charge in [0.25, 0.3) is 0 Å². The van der Waals surface area contributed by atoms with Crippen LogP contribution in [0.2, 0.25) is 0 Å². The maximum absolute atomic E-state index is 4.50. The van der Waals surface area contributed by atoms with Crippen LogP contribution in [0.3, 0.4) is 0 Å². The lowest BCUT2D eigenvalue weighted by Crippen LogP contribution is -2.34. The van der Waals surface area contributed by atoms with Crippen LogP contribution in [0.5, 0.6) is 0 Å². The van der Waals surface area contributed by atoms with E-state index in [2.05, 4.69) is 30.2 Å². The molecule has 0 radical (unpaired) electrons. The predicted molar refractivity (Wildman–Crippen MR) is 67.5 cm³/mol. The fraction of sp³-hybridized carbons (Fsp3) is 0.643. The first-order valence-corrected chi connectivity index (χ1v) is 6.45. The molecule has 0 amide bonds. The monoisotopic (exact) mass is 218 g/mol. The minimum atomic E-state index is 0.647. The third-order valence-corrected chi connectivity index (χ3v) is 3.38. The molecule has 1 saturated carbocycles. The quantitative estimate of drug-likeness (QED) is 0.794. The lowest BCUT2D eigenvalue weighted by molar-refractivity contribution is 0.455. The van der Waals surface area contributed by atoms with Gasteiger partial charge in [0.05, 0.1) is 0 Å². The van der Waals surface area contributed by atoms with E-state index in [1.54, 1.807) is 0 Å². The van der Waals surface area contributed by atoms with Gasteiger partial charge >= 0.3 is 0 Å². The molecule has 2 heteroatoms. The van der Waals surface area contributed by atoms with Crippen LogP contribution in [0.25, 0.3) is 0 Å². The number of nitrogens with one attached hydrogen (secondary N) is 1. The average molecular weight is 218 g/mol. The number of hydrogen-bond donors (Lipinski definition) is 1. The Hall–Kier alpha value is -0.890. The van der Waals surface area contributed by atoms with Crippen LogP contribution < -0.4 is 5.32 Å². The molecule has 16 heavy (non-hydrogen) atoms. The van der Waals surface area contributed by atoms with Gasteiger partial charge in [0.1, 0.15) is 0 Å². The molecule has 88 valence electrons. The molecule has 0 aromatic carbocycles. The molecule has 1 aliphatic carbocycles. The van der Waals surface area contributed by atoms with Gasteiger partial charge in [0.15, 0.2) is 0 Å². The third kappa shape index (κ3) is 3.05. The van der Waals surface area contributed by atoms with Crippen LogP contribution >= 0.6 is 0 Å². The number of aryl methyl sites for hydroxylation is 1. The van der Waals surface area contributed by atoms with E-state index in [0.29, 0.717) is 6.04 Å². The lowest BCUT2D eigenvalue weighted by Gasteiger charge is -2.18. The summed E-state index contributed by atoms with van der Waals surface area (Å²) in [6.07, 6.45) is 7.01. The Balaban J connectivity index is 1.97. The van der Waals surface area contributed by atoms with Crippen molar-refractivity contribution in [3.05, 3.63) is 29.6 Å². The first kappa shape index (κ1) is 11.6. The zero-order chi connectivity index (χ0) is 11.4. The SMILES string of the molecule is CCCNC(Cc1ncccc1C)C1CC1. The summed E-state index contributed by atoms with van der Waals surface area (Å²) in [4.78, 5) is 4.50. The van der Waals surface area contributed by atoms with Crippen molar-refractivity contribution in [3.63, 3.8) is 0 Å². The molecule has 0 spiro atoms. The van der Waals surface area contributed by atoms with E-state index < -0.39 is 0 Å². The van der Waals surface area contributed by atoms with Crippen LogP contribution in [0.1, 0.15) is 37.4 Å². The topological polar surface area (TPSA) is 24.9 Å². The predicted octanol–water partition coefficient (Wildman–Crippen LogP) is 2.71. The van der Waals surface area contributed by atoms with Crippen LogP contribution in [0, 0.1) is 12.8 Å². The van der Waals surface area contributed by atoms with Crippen molar-refractivity contribution >= 4 is 0 Å². The summed E-state index contributed by atoms with van der Waals surface area (Å²) >= 11 is 0. The standard InChI is InChI=1S/C14H22N2/c1-3-8-15-14(12-6-7-12)10-13-11(2)5-4-9-16-13/h4-5,9,12,14-15H,3,6-8,10H2,1-2H3. The van der Waals surface area contributed by atoms with Gasteiger partial charge in [-0.1, -0.05) is 13.0 Å². The van der Waals surface area contributed by atoms with Crippen molar-refractivity contribution in [2.45, 2.75) is 45.6 Å². The molecule has 1 aromatic heterocycles. The molecule has 0 saturated heterocycles. The number of aromatic nitrogens is 1. The second-order valence-electron chi connectivity index (χ2n) is 4.87. The van der Waals surface area contributed by atoms with E-state index >= 15 is 0 Å². The molecule has 0 bridgehead atoms. The number of rotatable bonds is 6. The fourth-order valence-electron chi connectivity index (χ4n) is 2.17. The van der Waals surface area contributed by atoms with Gasteiger partial charge in [-0.3, -0.25) is 4.98 Å². The van der Waals surface area contributed by atoms with E-state index in [1.807, 2.05) is 12.3 Å². The van der Waals surface area contributed by atoms with E-state index in [1.165, 1.54) is 30.5 Å². The van der Waals surface area contributed by atoms with Crippen LogP contribution in [0.4, 0.5) is 0 Å². The summed E-state index contributed by atoms with van der Waals surface area (Å²) in [5.41, 5.74) is 2.59.